The Morgan fingerprint density at radius 2 is 2.29 bits per heavy atom. The molecular weight excluding hydrogens is 246 g/mol. The zero-order valence-electron chi connectivity index (χ0n) is 9.96. The average molecular weight is 263 g/mol. The molecule has 98 valence electrons. The Morgan fingerprint density at radius 3 is 2.76 bits per heavy atom. The van der Waals surface area contributed by atoms with E-state index in [0.717, 1.165) is 0 Å². The third-order valence-electron chi connectivity index (χ3n) is 2.60. The molecule has 0 aromatic rings. The summed E-state index contributed by atoms with van der Waals surface area (Å²) in [5, 5.41) is 0. The van der Waals surface area contributed by atoms with Crippen LogP contribution >= 0.6 is 0 Å². The first kappa shape index (κ1) is 14.1. The third kappa shape index (κ3) is 3.52. The normalized spacial score (nSPS) is 22.8. The zero-order chi connectivity index (χ0) is 13.1. The van der Waals surface area contributed by atoms with Crippen molar-refractivity contribution in [2.75, 3.05) is 13.2 Å². The number of carbonyl (C=O) groups excluding carboxylic acids is 1. The van der Waals surface area contributed by atoms with Gasteiger partial charge in [-0.3, -0.25) is 4.79 Å². The molecule has 0 spiro atoms. The molecule has 0 N–H and O–H groups in total. The molecule has 0 bridgehead atoms. The van der Waals surface area contributed by atoms with Crippen LogP contribution in [0.3, 0.4) is 0 Å². The Hall–Kier alpha value is -0.920. The largest absolute Gasteiger partial charge is 0.400 e. The maximum atomic E-state index is 11.8. The predicted molar refractivity (Wildman–Crippen MR) is 61.1 cm³/mol. The van der Waals surface area contributed by atoms with Crippen molar-refractivity contribution in [3.63, 3.8) is 0 Å². The molecule has 1 aliphatic heterocycles. The standard InChI is InChI=1S/C10H17NO5S/c1-4-11-7-6-9(10(11)12)8(3)16-17(13,14)15-5-2/h4,8-9H,1,5-7H2,2-3H3. The monoisotopic (exact) mass is 263 g/mol. The molecule has 1 fully saturated rings. The van der Waals surface area contributed by atoms with Crippen molar-refractivity contribution >= 4 is 16.3 Å². The molecule has 2 atom stereocenters. The van der Waals surface area contributed by atoms with Gasteiger partial charge in [-0.1, -0.05) is 6.58 Å². The van der Waals surface area contributed by atoms with Crippen LogP contribution in [0.15, 0.2) is 12.8 Å². The Balaban J connectivity index is 2.63. The van der Waals surface area contributed by atoms with E-state index >= 15 is 0 Å². The van der Waals surface area contributed by atoms with Gasteiger partial charge in [0, 0.05) is 6.54 Å². The van der Waals surface area contributed by atoms with Crippen molar-refractivity contribution < 1.29 is 21.6 Å². The second kappa shape index (κ2) is 5.61. The summed E-state index contributed by atoms with van der Waals surface area (Å²) in [6.07, 6.45) is 1.25. The highest BCUT2D eigenvalue weighted by Gasteiger charge is 2.37. The van der Waals surface area contributed by atoms with Crippen molar-refractivity contribution in [2.24, 2.45) is 5.92 Å². The number of rotatable bonds is 6. The SMILES string of the molecule is C=CN1CCC(C(C)OS(=O)(=O)OCC)C1=O. The van der Waals surface area contributed by atoms with Gasteiger partial charge in [-0.05, 0) is 26.5 Å². The molecule has 0 saturated carbocycles. The second-order valence-corrected chi connectivity index (χ2v) is 4.97. The summed E-state index contributed by atoms with van der Waals surface area (Å²) in [6.45, 7) is 7.15. The molecule has 17 heavy (non-hydrogen) atoms. The van der Waals surface area contributed by atoms with Gasteiger partial charge in [0.05, 0.1) is 18.6 Å². The molecular formula is C10H17NO5S. The molecule has 7 heteroatoms. The minimum Gasteiger partial charge on any atom is -0.319 e. The summed E-state index contributed by atoms with van der Waals surface area (Å²) < 4.78 is 31.8. The van der Waals surface area contributed by atoms with Crippen LogP contribution in [0.1, 0.15) is 20.3 Å². The van der Waals surface area contributed by atoms with Gasteiger partial charge < -0.3 is 4.90 Å². The van der Waals surface area contributed by atoms with Gasteiger partial charge in [-0.25, -0.2) is 8.37 Å². The van der Waals surface area contributed by atoms with Gasteiger partial charge in [0.1, 0.15) is 0 Å². The number of carbonyl (C=O) groups is 1. The van der Waals surface area contributed by atoms with Gasteiger partial charge in [0.15, 0.2) is 0 Å². The van der Waals surface area contributed by atoms with E-state index < -0.39 is 22.4 Å². The number of hydrogen-bond donors (Lipinski definition) is 0. The molecule has 6 nitrogen and oxygen atoms in total. The van der Waals surface area contributed by atoms with Crippen LogP contribution in [0.4, 0.5) is 0 Å². The lowest BCUT2D eigenvalue weighted by Gasteiger charge is -2.17. The van der Waals surface area contributed by atoms with E-state index in [0.29, 0.717) is 13.0 Å². The predicted octanol–water partition coefficient (Wildman–Crippen LogP) is 0.665. The summed E-state index contributed by atoms with van der Waals surface area (Å²) in [7, 11) is -4.01. The van der Waals surface area contributed by atoms with Gasteiger partial charge >= 0.3 is 10.4 Å². The third-order valence-corrected chi connectivity index (χ3v) is 3.66. The van der Waals surface area contributed by atoms with Gasteiger partial charge in [0.25, 0.3) is 0 Å². The van der Waals surface area contributed by atoms with E-state index in [1.165, 1.54) is 11.1 Å². The highest BCUT2D eigenvalue weighted by atomic mass is 32.3. The maximum Gasteiger partial charge on any atom is 0.400 e. The molecule has 0 aromatic carbocycles. The van der Waals surface area contributed by atoms with Gasteiger partial charge in [0.2, 0.25) is 5.91 Å². The summed E-state index contributed by atoms with van der Waals surface area (Å²) >= 11 is 0. The van der Waals surface area contributed by atoms with Crippen LogP contribution in [0, 0.1) is 5.92 Å². The fourth-order valence-electron chi connectivity index (χ4n) is 1.77. The topological polar surface area (TPSA) is 72.9 Å². The average Bonchev–Trinajstić information content (AvgIpc) is 2.58. The maximum absolute atomic E-state index is 11.8. The quantitative estimate of drug-likeness (QED) is 0.704. The van der Waals surface area contributed by atoms with Crippen LogP contribution in [0.2, 0.25) is 0 Å². The Morgan fingerprint density at radius 1 is 1.65 bits per heavy atom. The molecule has 1 saturated heterocycles. The summed E-state index contributed by atoms with van der Waals surface area (Å²) in [6, 6.07) is 0. The fraction of sp³-hybridized carbons (Fsp3) is 0.700. The second-order valence-electron chi connectivity index (χ2n) is 3.73. The fourth-order valence-corrected chi connectivity index (χ4v) is 2.62. The number of likely N-dealkylation sites (tertiary alicyclic amines) is 1. The molecule has 0 aliphatic carbocycles. The minimum absolute atomic E-state index is 0.00640. The minimum atomic E-state index is -4.01. The Bertz CT molecular complexity index is 392. The van der Waals surface area contributed by atoms with E-state index in [1.807, 2.05) is 0 Å². The van der Waals surface area contributed by atoms with Gasteiger partial charge in [-0.2, -0.15) is 8.42 Å². The molecule has 0 radical (unpaired) electrons. The van der Waals surface area contributed by atoms with E-state index in [2.05, 4.69) is 10.8 Å². The first-order valence-corrected chi connectivity index (χ1v) is 6.75. The van der Waals surface area contributed by atoms with Crippen molar-refractivity contribution in [3.8, 4) is 0 Å². The van der Waals surface area contributed by atoms with Crippen LogP contribution in [-0.2, 0) is 23.6 Å². The van der Waals surface area contributed by atoms with Gasteiger partial charge in [-0.15, -0.1) is 0 Å². The highest BCUT2D eigenvalue weighted by Crippen LogP contribution is 2.24. The Kier molecular flexibility index (Phi) is 4.67. The lowest BCUT2D eigenvalue weighted by molar-refractivity contribution is -0.130. The highest BCUT2D eigenvalue weighted by molar-refractivity contribution is 7.81. The number of nitrogens with zero attached hydrogens (tertiary/aromatic N) is 1. The van der Waals surface area contributed by atoms with Crippen LogP contribution < -0.4 is 0 Å². The molecule has 1 heterocycles. The molecule has 1 amide bonds. The van der Waals surface area contributed by atoms with E-state index in [-0.39, 0.29) is 12.5 Å². The number of amides is 1. The van der Waals surface area contributed by atoms with Crippen LogP contribution in [0.5, 0.6) is 0 Å². The van der Waals surface area contributed by atoms with Crippen molar-refractivity contribution in [3.05, 3.63) is 12.8 Å². The first-order chi connectivity index (χ1) is 7.91. The first-order valence-electron chi connectivity index (χ1n) is 5.42. The molecule has 0 aromatic heterocycles. The number of hydrogen-bond acceptors (Lipinski definition) is 5. The zero-order valence-corrected chi connectivity index (χ0v) is 10.8. The van der Waals surface area contributed by atoms with Crippen molar-refractivity contribution in [1.29, 1.82) is 0 Å². The van der Waals surface area contributed by atoms with E-state index in [9.17, 15) is 13.2 Å². The van der Waals surface area contributed by atoms with Crippen LogP contribution in [0.25, 0.3) is 0 Å². The van der Waals surface area contributed by atoms with Crippen molar-refractivity contribution in [1.82, 2.24) is 4.90 Å². The smallest absolute Gasteiger partial charge is 0.319 e. The molecule has 2 unspecified atom stereocenters. The summed E-state index contributed by atoms with van der Waals surface area (Å²) in [5.41, 5.74) is 0. The molecule has 1 rings (SSSR count). The Labute approximate surface area is 102 Å². The summed E-state index contributed by atoms with van der Waals surface area (Å²) in [4.78, 5) is 13.2. The molecule has 1 aliphatic rings. The van der Waals surface area contributed by atoms with Crippen molar-refractivity contribution in [2.45, 2.75) is 26.4 Å². The van der Waals surface area contributed by atoms with Crippen LogP contribution in [-0.4, -0.2) is 38.5 Å². The lowest BCUT2D eigenvalue weighted by Crippen LogP contribution is -2.31. The van der Waals surface area contributed by atoms with E-state index in [4.69, 9.17) is 4.18 Å². The van der Waals surface area contributed by atoms with E-state index in [1.54, 1.807) is 13.8 Å². The summed E-state index contributed by atoms with van der Waals surface area (Å²) in [5.74, 6) is -0.637. The lowest BCUT2D eigenvalue weighted by atomic mass is 10.0.